The monoisotopic (exact) mass is 706 g/mol. The molecule has 4 aliphatic rings. The van der Waals surface area contributed by atoms with Crippen LogP contribution in [0.3, 0.4) is 0 Å². The van der Waals surface area contributed by atoms with E-state index in [4.69, 9.17) is 31.9 Å². The Balaban J connectivity index is 1.83. The van der Waals surface area contributed by atoms with Crippen molar-refractivity contribution >= 4 is 26.8 Å². The van der Waals surface area contributed by atoms with Gasteiger partial charge in [0, 0.05) is 45.0 Å². The van der Waals surface area contributed by atoms with Crippen LogP contribution in [-0.4, -0.2) is 110 Å². The lowest BCUT2D eigenvalue weighted by Crippen LogP contribution is -2.82. The molecule has 1 aliphatic heterocycles. The maximum absolute atomic E-state index is 15.2. The zero-order chi connectivity index (χ0) is 36.2. The van der Waals surface area contributed by atoms with Gasteiger partial charge < -0.3 is 47.2 Å². The minimum Gasteiger partial charge on any atom is -0.455 e. The number of aliphatic hydroxyl groups excluding tert-OH is 2. The maximum Gasteiger partial charge on any atom is 0.679 e. The number of Topliss-reactive ketones (excluding diaryl/α,β-unsaturated/α-hetero) is 1. The number of fused-ring (bicyclic) bond motifs is 5. The molecular weight excluding hydrogens is 656 g/mol. The highest BCUT2D eigenvalue weighted by Gasteiger charge is 2.78. The Kier molecular flexibility index (Phi) is 10.4. The number of esters is 2. The first kappa shape index (κ1) is 37.7. The minimum atomic E-state index is -4.00. The first-order chi connectivity index (χ1) is 23.0. The summed E-state index contributed by atoms with van der Waals surface area (Å²) in [5.41, 5.74) is -6.45. The molecule has 1 unspecified atom stereocenters. The predicted octanol–water partition coefficient (Wildman–Crippen LogP) is 2.65. The highest BCUT2D eigenvalue weighted by atomic mass is 28.4. The summed E-state index contributed by atoms with van der Waals surface area (Å²) in [5.74, 6) is -3.62. The summed E-state index contributed by atoms with van der Waals surface area (Å²) in [7, 11) is -4.00. The lowest BCUT2D eigenvalue weighted by Gasteiger charge is -2.68. The van der Waals surface area contributed by atoms with Crippen LogP contribution in [0.5, 0.6) is 0 Å². The zero-order valence-corrected chi connectivity index (χ0v) is 30.5. The number of aliphatic hydroxyl groups is 3. The van der Waals surface area contributed by atoms with E-state index in [0.29, 0.717) is 5.57 Å². The molecule has 0 spiro atoms. The van der Waals surface area contributed by atoms with Crippen LogP contribution in [0.25, 0.3) is 0 Å². The summed E-state index contributed by atoms with van der Waals surface area (Å²) in [6.45, 7) is 13.2. The smallest absolute Gasteiger partial charge is 0.455 e. The Labute approximate surface area is 288 Å². The van der Waals surface area contributed by atoms with Crippen molar-refractivity contribution < 1.29 is 61.6 Å². The standard InChI is InChI=1S/C35H50O13Si/c1-9-43-49(44-10-2,45-11-3)48-24-17-25-34(19-42-25,47-21(5)36)28-30(46-31(40)22-15-13-12-14-16-22)35(41)18-23(37)20(4)26(32(35,6)7)27(38)29(39)33(24,28)8/h12-16,23-25,27-28,30,37-38,41H,9-11,17-19H2,1-8H3/t23-,24-,25+,27+,28?,30-,33+,34-,35+/m0/s1. The van der Waals surface area contributed by atoms with Crippen molar-refractivity contribution in [1.82, 2.24) is 0 Å². The second-order valence-electron chi connectivity index (χ2n) is 14.1. The van der Waals surface area contributed by atoms with Crippen molar-refractivity contribution in [2.24, 2.45) is 16.7 Å². The van der Waals surface area contributed by atoms with Crippen LogP contribution < -0.4 is 0 Å². The third-order valence-electron chi connectivity index (χ3n) is 11.2. The number of ketones is 1. The Morgan fingerprint density at radius 1 is 1.00 bits per heavy atom. The van der Waals surface area contributed by atoms with E-state index in [0.717, 1.165) is 0 Å². The number of hydrogen-bond acceptors (Lipinski definition) is 13. The third-order valence-corrected chi connectivity index (χ3v) is 13.7. The van der Waals surface area contributed by atoms with Crippen LogP contribution in [0.2, 0.25) is 0 Å². The van der Waals surface area contributed by atoms with Gasteiger partial charge in [0.1, 0.15) is 23.9 Å². The van der Waals surface area contributed by atoms with Gasteiger partial charge in [-0.25, -0.2) is 4.79 Å². The Morgan fingerprint density at radius 3 is 2.10 bits per heavy atom. The number of benzene rings is 1. The van der Waals surface area contributed by atoms with Crippen molar-refractivity contribution in [3.8, 4) is 0 Å². The zero-order valence-electron chi connectivity index (χ0n) is 29.5. The lowest BCUT2D eigenvalue weighted by atomic mass is 9.44. The van der Waals surface area contributed by atoms with E-state index in [1.807, 2.05) is 0 Å². The number of ether oxygens (including phenoxy) is 3. The van der Waals surface area contributed by atoms with Gasteiger partial charge in [0.2, 0.25) is 0 Å². The number of carbonyl (C=O) groups is 3. The molecule has 2 saturated carbocycles. The SMILES string of the molecule is CCO[Si](OCC)(OCC)O[C@H]1C[C@H]2OC[C@@]2(OC(C)=O)C2[C@H](OC(=O)c3ccccc3)[C@]3(O)C[C@H](O)C(C)=C([C@@H](O)C(=O)[C@@]21C)C3(C)C. The minimum absolute atomic E-state index is 0.0253. The quantitative estimate of drug-likeness (QED) is 0.174. The molecular formula is C35H50O13Si. The van der Waals surface area contributed by atoms with Crippen LogP contribution in [0.1, 0.15) is 78.6 Å². The molecule has 0 amide bonds. The van der Waals surface area contributed by atoms with Crippen molar-refractivity contribution in [3.63, 3.8) is 0 Å². The van der Waals surface area contributed by atoms with Crippen LogP contribution in [0, 0.1) is 16.7 Å². The van der Waals surface area contributed by atoms with Crippen molar-refractivity contribution in [2.45, 2.75) is 110 Å². The molecule has 3 fully saturated rings. The lowest BCUT2D eigenvalue weighted by molar-refractivity contribution is -0.346. The van der Waals surface area contributed by atoms with Crippen molar-refractivity contribution in [3.05, 3.63) is 47.0 Å². The fourth-order valence-electron chi connectivity index (χ4n) is 8.74. The summed E-state index contributed by atoms with van der Waals surface area (Å²) in [6, 6.07) is 8.15. The van der Waals surface area contributed by atoms with E-state index in [1.165, 1.54) is 6.92 Å². The molecule has 2 bridgehead atoms. The van der Waals surface area contributed by atoms with Gasteiger partial charge in [0.05, 0.1) is 35.7 Å². The van der Waals surface area contributed by atoms with E-state index >= 15 is 4.79 Å². The average molecular weight is 707 g/mol. The van der Waals surface area contributed by atoms with Gasteiger partial charge >= 0.3 is 21.0 Å². The Hall–Kier alpha value is -2.53. The molecule has 5 rings (SSSR count). The van der Waals surface area contributed by atoms with Gasteiger partial charge in [-0.2, -0.15) is 0 Å². The molecule has 9 atom stereocenters. The van der Waals surface area contributed by atoms with E-state index in [1.54, 1.807) is 78.8 Å². The molecule has 1 saturated heterocycles. The second kappa shape index (κ2) is 13.5. The Morgan fingerprint density at radius 2 is 1.59 bits per heavy atom. The van der Waals surface area contributed by atoms with Crippen molar-refractivity contribution in [1.29, 1.82) is 0 Å². The number of hydrogen-bond donors (Lipinski definition) is 3. The Bertz CT molecular complexity index is 1450. The summed E-state index contributed by atoms with van der Waals surface area (Å²) in [5, 5.41) is 36.6. The molecule has 1 aromatic rings. The summed E-state index contributed by atoms with van der Waals surface area (Å²) in [4.78, 5) is 42.1. The molecule has 49 heavy (non-hydrogen) atoms. The molecule has 3 aliphatic carbocycles. The largest absolute Gasteiger partial charge is 0.679 e. The fourth-order valence-corrected chi connectivity index (χ4v) is 10.9. The van der Waals surface area contributed by atoms with E-state index in [2.05, 4.69) is 0 Å². The number of carbonyl (C=O) groups excluding carboxylic acids is 3. The average Bonchev–Trinajstić information content (AvgIpc) is 3.03. The summed E-state index contributed by atoms with van der Waals surface area (Å²) >= 11 is 0. The summed E-state index contributed by atoms with van der Waals surface area (Å²) in [6.07, 6.45) is -7.18. The topological polar surface area (TPSA) is 177 Å². The first-order valence-electron chi connectivity index (χ1n) is 17.0. The van der Waals surface area contributed by atoms with Gasteiger partial charge in [-0.05, 0) is 57.9 Å². The van der Waals surface area contributed by atoms with Crippen LogP contribution in [0.15, 0.2) is 41.5 Å². The normalized spacial score (nSPS) is 36.8. The van der Waals surface area contributed by atoms with Crippen LogP contribution in [-0.2, 0) is 41.5 Å². The molecule has 14 heteroatoms. The highest BCUT2D eigenvalue weighted by Crippen LogP contribution is 2.64. The van der Waals surface area contributed by atoms with Crippen LogP contribution >= 0.6 is 0 Å². The van der Waals surface area contributed by atoms with Crippen LogP contribution in [0.4, 0.5) is 0 Å². The van der Waals surface area contributed by atoms with Crippen molar-refractivity contribution in [2.75, 3.05) is 26.4 Å². The molecule has 0 radical (unpaired) electrons. The second-order valence-corrected chi connectivity index (χ2v) is 16.2. The molecule has 272 valence electrons. The van der Waals surface area contributed by atoms with Gasteiger partial charge in [0.15, 0.2) is 11.4 Å². The predicted molar refractivity (Wildman–Crippen MR) is 175 cm³/mol. The summed E-state index contributed by atoms with van der Waals surface area (Å²) < 4.78 is 43.3. The number of rotatable bonds is 11. The molecule has 3 N–H and O–H groups in total. The molecule has 13 nitrogen and oxygen atoms in total. The third kappa shape index (κ3) is 5.82. The molecule has 0 aromatic heterocycles. The van der Waals surface area contributed by atoms with E-state index in [-0.39, 0.29) is 50.4 Å². The van der Waals surface area contributed by atoms with Gasteiger partial charge in [-0.1, -0.05) is 32.0 Å². The van der Waals surface area contributed by atoms with E-state index < -0.39 is 85.2 Å². The fraction of sp³-hybridized carbons (Fsp3) is 0.686. The molecule has 1 aromatic carbocycles. The highest BCUT2D eigenvalue weighted by molar-refractivity contribution is 6.53. The van der Waals surface area contributed by atoms with Gasteiger partial charge in [-0.15, -0.1) is 0 Å². The molecule has 1 heterocycles. The van der Waals surface area contributed by atoms with Gasteiger partial charge in [0.25, 0.3) is 0 Å². The van der Waals surface area contributed by atoms with E-state index in [9.17, 15) is 24.9 Å². The maximum atomic E-state index is 15.2. The first-order valence-corrected chi connectivity index (χ1v) is 18.6. The van der Waals surface area contributed by atoms with Gasteiger partial charge in [-0.3, -0.25) is 9.59 Å².